The molecule has 2 aromatic heterocycles. The third-order valence-corrected chi connectivity index (χ3v) is 7.01. The van der Waals surface area contributed by atoms with Gasteiger partial charge in [0.15, 0.2) is 5.82 Å². The van der Waals surface area contributed by atoms with Gasteiger partial charge in [-0.25, -0.2) is 4.98 Å². The summed E-state index contributed by atoms with van der Waals surface area (Å²) in [6, 6.07) is 19.0. The van der Waals surface area contributed by atoms with E-state index in [2.05, 4.69) is 88.5 Å². The normalized spacial score (nSPS) is 14.7. The van der Waals surface area contributed by atoms with Crippen molar-refractivity contribution >= 4 is 21.7 Å². The molecule has 1 aliphatic heterocycles. The van der Waals surface area contributed by atoms with Gasteiger partial charge in [-0.05, 0) is 78.5 Å². The fraction of sp³-hybridized carbons (Fsp3) is 0.367. The molecule has 7 nitrogen and oxygen atoms in total. The van der Waals surface area contributed by atoms with E-state index in [4.69, 9.17) is 9.72 Å². The molecule has 0 saturated carbocycles. The van der Waals surface area contributed by atoms with E-state index in [0.717, 1.165) is 69.6 Å². The van der Waals surface area contributed by atoms with Crippen molar-refractivity contribution in [1.29, 1.82) is 0 Å². The van der Waals surface area contributed by atoms with Gasteiger partial charge < -0.3 is 4.74 Å². The number of aromatic nitrogens is 5. The molecule has 0 unspecified atom stereocenters. The molecule has 0 amide bonds. The number of H-pyrrole nitrogens is 2. The van der Waals surface area contributed by atoms with Crippen molar-refractivity contribution in [1.82, 2.24) is 30.3 Å². The Hall–Kier alpha value is -3.71. The monoisotopic (exact) mass is 494 g/mol. The first-order valence-electron chi connectivity index (χ1n) is 13.2. The number of benzene rings is 3. The van der Waals surface area contributed by atoms with Gasteiger partial charge in [0, 0.05) is 29.5 Å². The highest BCUT2D eigenvalue weighted by Crippen LogP contribution is 2.32. The van der Waals surface area contributed by atoms with E-state index >= 15 is 0 Å². The lowest BCUT2D eigenvalue weighted by atomic mass is 9.92. The van der Waals surface area contributed by atoms with E-state index in [0.29, 0.717) is 5.82 Å². The van der Waals surface area contributed by atoms with Crippen LogP contribution in [0.2, 0.25) is 0 Å². The van der Waals surface area contributed by atoms with Crippen LogP contribution in [-0.2, 0) is 6.42 Å². The molecular formula is C30H34N6O. The molecule has 0 atom stereocenters. The Morgan fingerprint density at radius 2 is 1.65 bits per heavy atom. The number of fused-ring (bicyclic) bond motifs is 2. The number of ether oxygens (including phenoxy) is 1. The molecule has 1 saturated heterocycles. The first-order chi connectivity index (χ1) is 17.9. The van der Waals surface area contributed by atoms with Crippen LogP contribution in [0, 0.1) is 5.41 Å². The minimum Gasteiger partial charge on any atom is -0.492 e. The molecule has 0 aliphatic carbocycles. The smallest absolute Gasteiger partial charge is 0.181 e. The second kappa shape index (κ2) is 9.63. The number of rotatable bonds is 7. The third-order valence-electron chi connectivity index (χ3n) is 7.01. The highest BCUT2D eigenvalue weighted by atomic mass is 16.5. The zero-order valence-corrected chi connectivity index (χ0v) is 21.8. The number of nitrogens with one attached hydrogen (secondary N) is 2. The van der Waals surface area contributed by atoms with Gasteiger partial charge in [-0.15, -0.1) is 0 Å². The summed E-state index contributed by atoms with van der Waals surface area (Å²) in [5.41, 5.74) is 4.11. The van der Waals surface area contributed by atoms with E-state index in [1.54, 1.807) is 0 Å². The second-order valence-corrected chi connectivity index (χ2v) is 11.3. The van der Waals surface area contributed by atoms with Gasteiger partial charge in [0.05, 0.1) is 11.2 Å². The fourth-order valence-corrected chi connectivity index (χ4v) is 5.14. The van der Waals surface area contributed by atoms with Crippen LogP contribution in [0.4, 0.5) is 0 Å². The van der Waals surface area contributed by atoms with E-state index in [1.807, 2.05) is 12.1 Å². The molecule has 6 rings (SSSR count). The molecule has 5 aromatic rings. The van der Waals surface area contributed by atoms with Gasteiger partial charge >= 0.3 is 0 Å². The van der Waals surface area contributed by atoms with Crippen molar-refractivity contribution < 1.29 is 4.74 Å². The summed E-state index contributed by atoms with van der Waals surface area (Å²) in [5.74, 6) is 2.54. The van der Waals surface area contributed by atoms with Crippen LogP contribution in [0.3, 0.4) is 0 Å². The van der Waals surface area contributed by atoms with Crippen LogP contribution in [-0.4, -0.2) is 56.5 Å². The summed E-state index contributed by atoms with van der Waals surface area (Å²) < 4.78 is 6.05. The number of hydrogen-bond acceptors (Lipinski definition) is 5. The van der Waals surface area contributed by atoms with Crippen LogP contribution in [0.15, 0.2) is 54.6 Å². The highest BCUT2D eigenvalue weighted by Gasteiger charge is 2.17. The summed E-state index contributed by atoms with van der Waals surface area (Å²) in [6.45, 7) is 10.7. The second-order valence-electron chi connectivity index (χ2n) is 11.3. The fourth-order valence-electron chi connectivity index (χ4n) is 5.14. The van der Waals surface area contributed by atoms with Crippen LogP contribution in [0.5, 0.6) is 5.75 Å². The first kappa shape index (κ1) is 23.7. The Labute approximate surface area is 217 Å². The Bertz CT molecular complexity index is 1540. The van der Waals surface area contributed by atoms with Crippen LogP contribution in [0.25, 0.3) is 44.3 Å². The maximum atomic E-state index is 6.05. The summed E-state index contributed by atoms with van der Waals surface area (Å²) in [5, 5.41) is 18.8. The van der Waals surface area contributed by atoms with Gasteiger partial charge in [-0.3, -0.25) is 15.1 Å². The molecule has 1 aliphatic rings. The Morgan fingerprint density at radius 1 is 0.865 bits per heavy atom. The Kier molecular flexibility index (Phi) is 6.16. The molecule has 7 heteroatoms. The van der Waals surface area contributed by atoms with Crippen LogP contribution in [0.1, 0.15) is 39.4 Å². The SMILES string of the molecule is CC(C)(C)Cc1nc(-c2ccc3[nH]nc(-c4ccc5cc(OCCN6CCCC6)ccc5c4)c3c2)n[nH]1. The lowest BCUT2D eigenvalue weighted by molar-refractivity contribution is 0.238. The third kappa shape index (κ3) is 5.23. The summed E-state index contributed by atoms with van der Waals surface area (Å²) >= 11 is 0. The molecule has 0 bridgehead atoms. The average Bonchev–Trinajstić information content (AvgIpc) is 3.64. The maximum Gasteiger partial charge on any atom is 0.181 e. The molecule has 1 fully saturated rings. The van der Waals surface area contributed by atoms with Crippen molar-refractivity contribution in [2.75, 3.05) is 26.2 Å². The molecule has 0 spiro atoms. The summed E-state index contributed by atoms with van der Waals surface area (Å²) in [4.78, 5) is 7.21. The van der Waals surface area contributed by atoms with E-state index in [1.165, 1.54) is 25.9 Å². The zero-order valence-electron chi connectivity index (χ0n) is 21.8. The summed E-state index contributed by atoms with van der Waals surface area (Å²) in [7, 11) is 0. The van der Waals surface area contributed by atoms with Gasteiger partial charge in [0.2, 0.25) is 0 Å². The minimum absolute atomic E-state index is 0.148. The molecule has 3 heterocycles. The predicted molar refractivity (Wildman–Crippen MR) is 149 cm³/mol. The van der Waals surface area contributed by atoms with Crippen molar-refractivity contribution in [3.63, 3.8) is 0 Å². The zero-order chi connectivity index (χ0) is 25.4. The van der Waals surface area contributed by atoms with Gasteiger partial charge in [-0.1, -0.05) is 39.0 Å². The molecule has 0 radical (unpaired) electrons. The summed E-state index contributed by atoms with van der Waals surface area (Å²) in [6.07, 6.45) is 3.47. The number of likely N-dealkylation sites (tertiary alicyclic amines) is 1. The van der Waals surface area contributed by atoms with Crippen molar-refractivity contribution in [3.05, 3.63) is 60.4 Å². The first-order valence-corrected chi connectivity index (χ1v) is 13.2. The number of nitrogens with zero attached hydrogens (tertiary/aromatic N) is 4. The van der Waals surface area contributed by atoms with Crippen molar-refractivity contribution in [3.8, 4) is 28.4 Å². The largest absolute Gasteiger partial charge is 0.492 e. The van der Waals surface area contributed by atoms with Crippen LogP contribution < -0.4 is 4.74 Å². The van der Waals surface area contributed by atoms with Gasteiger partial charge in [0.25, 0.3) is 0 Å². The molecule has 37 heavy (non-hydrogen) atoms. The van der Waals surface area contributed by atoms with Crippen molar-refractivity contribution in [2.45, 2.75) is 40.0 Å². The van der Waals surface area contributed by atoms with E-state index in [9.17, 15) is 0 Å². The number of aromatic amines is 2. The Morgan fingerprint density at radius 3 is 2.49 bits per heavy atom. The van der Waals surface area contributed by atoms with E-state index < -0.39 is 0 Å². The standard InChI is InChI=1S/C30H34N6O/c1-30(2,3)19-27-31-29(35-33-27)23-9-11-26-25(18-23)28(34-32-26)22-7-6-21-17-24(10-8-20(21)16-22)37-15-14-36-12-4-5-13-36/h6-11,16-18H,4-5,12-15,19H2,1-3H3,(H,32,34)(H,31,33,35). The maximum absolute atomic E-state index is 6.05. The molecular weight excluding hydrogens is 460 g/mol. The van der Waals surface area contributed by atoms with Crippen molar-refractivity contribution in [2.24, 2.45) is 5.41 Å². The van der Waals surface area contributed by atoms with Gasteiger partial charge in [-0.2, -0.15) is 10.2 Å². The van der Waals surface area contributed by atoms with Gasteiger partial charge in [0.1, 0.15) is 18.2 Å². The predicted octanol–water partition coefficient (Wildman–Crippen LogP) is 6.23. The van der Waals surface area contributed by atoms with Crippen LogP contribution >= 0.6 is 0 Å². The topological polar surface area (TPSA) is 82.7 Å². The number of hydrogen-bond donors (Lipinski definition) is 2. The minimum atomic E-state index is 0.148. The molecule has 3 aromatic carbocycles. The average molecular weight is 495 g/mol. The lowest BCUT2D eigenvalue weighted by Gasteiger charge is -2.15. The molecule has 2 N–H and O–H groups in total. The lowest BCUT2D eigenvalue weighted by Crippen LogP contribution is -2.25. The highest BCUT2D eigenvalue weighted by molar-refractivity contribution is 5.97. The molecule has 190 valence electrons. The quantitative estimate of drug-likeness (QED) is 0.280. The van der Waals surface area contributed by atoms with E-state index in [-0.39, 0.29) is 5.41 Å². The Balaban J connectivity index is 1.24.